The van der Waals surface area contributed by atoms with Crippen LogP contribution in [0.4, 0.5) is 31.5 Å². The highest BCUT2D eigenvalue weighted by molar-refractivity contribution is 7.00. The first-order chi connectivity index (χ1) is 21.1. The largest absolute Gasteiger partial charge is 0.338 e. The van der Waals surface area contributed by atoms with E-state index in [1.54, 1.807) is 4.90 Å². The molecule has 9 rings (SSSR count). The number of anilines is 4. The number of hydrogen-bond donors (Lipinski definition) is 0. The third-order valence-electron chi connectivity index (χ3n) is 11.6. The summed E-state index contributed by atoms with van der Waals surface area (Å²) in [5.41, 5.74) is 7.28. The van der Waals surface area contributed by atoms with Crippen molar-refractivity contribution in [3.8, 4) is 0 Å². The van der Waals surface area contributed by atoms with Crippen LogP contribution >= 0.6 is 0 Å². The second kappa shape index (κ2) is 8.06. The summed E-state index contributed by atoms with van der Waals surface area (Å²) >= 11 is 0. The maximum absolute atomic E-state index is 18.0. The number of halogens is 2. The molecule has 4 unspecified atom stereocenters. The SMILES string of the molecule is [2H]C12CCCCC1([2H])N1c3cccc4c3B(c3ccc(C(C)(C)C)c2c31)c1ccc(C(C)(C)C)c2c1N4C1(F)CCCCC21F. The van der Waals surface area contributed by atoms with Crippen molar-refractivity contribution in [2.24, 2.45) is 0 Å². The fourth-order valence-electron chi connectivity index (χ4n) is 9.84. The molecule has 0 saturated heterocycles. The van der Waals surface area contributed by atoms with Gasteiger partial charge in [-0.1, -0.05) is 84.7 Å². The quantitative estimate of drug-likeness (QED) is 0.196. The molecule has 0 bridgehead atoms. The van der Waals surface area contributed by atoms with Gasteiger partial charge in [0.1, 0.15) is 0 Å². The average Bonchev–Trinajstić information content (AvgIpc) is 3.33. The summed E-state index contributed by atoms with van der Waals surface area (Å²) in [6, 6.07) is 13.5. The number of alkyl halides is 2. The van der Waals surface area contributed by atoms with E-state index in [1.165, 1.54) is 0 Å². The van der Waals surface area contributed by atoms with Crippen molar-refractivity contribution >= 4 is 45.9 Å². The van der Waals surface area contributed by atoms with Crippen LogP contribution in [-0.2, 0) is 16.5 Å². The second-order valence-corrected chi connectivity index (χ2v) is 16.1. The van der Waals surface area contributed by atoms with E-state index in [0.29, 0.717) is 31.2 Å². The molecule has 0 N–H and O–H groups in total. The molecule has 222 valence electrons. The van der Waals surface area contributed by atoms with Gasteiger partial charge in [0.05, 0.1) is 1.37 Å². The Labute approximate surface area is 258 Å². The molecule has 4 aliphatic heterocycles. The highest BCUT2D eigenvalue weighted by Gasteiger charge is 2.69. The van der Waals surface area contributed by atoms with Gasteiger partial charge in [-0.2, -0.15) is 0 Å². The molecule has 4 heterocycles. The van der Waals surface area contributed by atoms with E-state index in [1.807, 2.05) is 12.1 Å². The second-order valence-electron chi connectivity index (χ2n) is 16.1. The van der Waals surface area contributed by atoms with Gasteiger partial charge in [-0.15, -0.1) is 0 Å². The number of fused-ring (bicyclic) bond motifs is 10. The number of rotatable bonds is 0. The number of benzene rings is 3. The van der Waals surface area contributed by atoms with E-state index < -0.39 is 23.4 Å². The van der Waals surface area contributed by atoms with Crippen LogP contribution in [0.5, 0.6) is 0 Å². The van der Waals surface area contributed by atoms with Crippen LogP contribution in [0.2, 0.25) is 0 Å². The molecule has 43 heavy (non-hydrogen) atoms. The standard InChI is InChI=1S/C38H43BF2N2/c1-35(2,3)23-16-18-25-33-30(23)22-12-7-8-13-27(22)42(33)28-14-11-15-29-32(28)39(25)26-19-17-24(36(4,5)6)31-34(26)43(29)38(41)21-10-9-20-37(31,38)40/h11,14-19,22,27H,7-10,12-13,20-21H2,1-6H3/i22D,27D. The molecule has 2 aliphatic carbocycles. The van der Waals surface area contributed by atoms with Crippen LogP contribution in [0.25, 0.3) is 0 Å². The summed E-state index contributed by atoms with van der Waals surface area (Å²) in [5, 5.41) is 0. The van der Waals surface area contributed by atoms with Gasteiger partial charge in [0.15, 0.2) is 5.67 Å². The Morgan fingerprint density at radius 2 is 1.44 bits per heavy atom. The van der Waals surface area contributed by atoms with Gasteiger partial charge in [-0.05, 0) is 88.1 Å². The minimum atomic E-state index is -2.18. The van der Waals surface area contributed by atoms with Crippen LogP contribution in [0.1, 0.15) is 124 Å². The van der Waals surface area contributed by atoms with Crippen LogP contribution < -0.4 is 26.2 Å². The van der Waals surface area contributed by atoms with Gasteiger partial charge in [0.2, 0.25) is 5.79 Å². The molecule has 5 heteroatoms. The number of nitrogens with zero attached hydrogens (tertiary/aromatic N) is 2. The minimum Gasteiger partial charge on any atom is -0.338 e. The molecule has 0 aromatic heterocycles. The van der Waals surface area contributed by atoms with Crippen molar-refractivity contribution in [2.45, 2.75) is 127 Å². The predicted octanol–water partition coefficient (Wildman–Crippen LogP) is 8.16. The zero-order valence-corrected chi connectivity index (χ0v) is 26.4. The molecule has 3 aromatic rings. The van der Waals surface area contributed by atoms with E-state index >= 15 is 8.78 Å². The molecule has 4 atom stereocenters. The third kappa shape index (κ3) is 3.01. The Balaban J connectivity index is 1.43. The molecule has 0 amide bonds. The van der Waals surface area contributed by atoms with Crippen molar-refractivity contribution in [1.29, 1.82) is 0 Å². The van der Waals surface area contributed by atoms with Crippen molar-refractivity contribution in [1.82, 2.24) is 0 Å². The number of hydrogen-bond acceptors (Lipinski definition) is 2. The van der Waals surface area contributed by atoms with Crippen molar-refractivity contribution in [3.63, 3.8) is 0 Å². The molecule has 3 aromatic carbocycles. The molecule has 2 nitrogen and oxygen atoms in total. The van der Waals surface area contributed by atoms with Crippen LogP contribution in [-0.4, -0.2) is 18.5 Å². The zero-order valence-electron chi connectivity index (χ0n) is 28.4. The molecule has 0 radical (unpaired) electrons. The summed E-state index contributed by atoms with van der Waals surface area (Å²) < 4.78 is 56.3. The predicted molar refractivity (Wildman–Crippen MR) is 176 cm³/mol. The van der Waals surface area contributed by atoms with Gasteiger partial charge < -0.3 is 9.80 Å². The maximum atomic E-state index is 18.0. The van der Waals surface area contributed by atoms with Gasteiger partial charge >= 0.3 is 0 Å². The summed E-state index contributed by atoms with van der Waals surface area (Å²) in [5.74, 6) is -3.27. The van der Waals surface area contributed by atoms with Gasteiger partial charge in [0, 0.05) is 48.0 Å². The fraction of sp³-hybridized carbons (Fsp3) is 0.526. The zero-order chi connectivity index (χ0) is 31.7. The van der Waals surface area contributed by atoms with Crippen LogP contribution in [0, 0.1) is 0 Å². The van der Waals surface area contributed by atoms with Gasteiger partial charge in [0.25, 0.3) is 6.71 Å². The topological polar surface area (TPSA) is 6.48 Å². The monoisotopic (exact) mass is 578 g/mol. The lowest BCUT2D eigenvalue weighted by molar-refractivity contribution is -0.0622. The highest BCUT2D eigenvalue weighted by atomic mass is 19.2. The molecule has 2 fully saturated rings. The summed E-state index contributed by atoms with van der Waals surface area (Å²) in [6.07, 6.45) is 4.72. The molecular weight excluding hydrogens is 533 g/mol. The van der Waals surface area contributed by atoms with Crippen molar-refractivity contribution in [3.05, 3.63) is 64.7 Å². The molecule has 0 spiro atoms. The summed E-state index contributed by atoms with van der Waals surface area (Å²) in [4.78, 5) is 3.94. The Hall–Kier alpha value is -2.82. The first-order valence-corrected chi connectivity index (χ1v) is 16.6. The van der Waals surface area contributed by atoms with E-state index in [-0.39, 0.29) is 30.4 Å². The Kier molecular flexibility index (Phi) is 4.59. The van der Waals surface area contributed by atoms with Crippen LogP contribution in [0.15, 0.2) is 42.5 Å². The van der Waals surface area contributed by atoms with E-state index in [0.717, 1.165) is 68.7 Å². The van der Waals surface area contributed by atoms with Gasteiger partial charge in [-0.3, -0.25) is 0 Å². The van der Waals surface area contributed by atoms with Crippen molar-refractivity contribution < 1.29 is 11.5 Å². The Bertz CT molecular complexity index is 1720. The Morgan fingerprint density at radius 1 is 0.791 bits per heavy atom. The minimum absolute atomic E-state index is 0.146. The van der Waals surface area contributed by atoms with Gasteiger partial charge in [-0.25, -0.2) is 8.78 Å². The van der Waals surface area contributed by atoms with E-state index in [2.05, 4.69) is 76.8 Å². The average molecular weight is 579 g/mol. The highest BCUT2D eigenvalue weighted by Crippen LogP contribution is 2.65. The normalized spacial score (nSPS) is 33.7. The lowest BCUT2D eigenvalue weighted by Gasteiger charge is -2.48. The first kappa shape index (κ1) is 24.5. The first-order valence-electron chi connectivity index (χ1n) is 17.6. The van der Waals surface area contributed by atoms with E-state index in [9.17, 15) is 2.74 Å². The summed E-state index contributed by atoms with van der Waals surface area (Å²) in [6.45, 7) is 12.7. The maximum Gasteiger partial charge on any atom is 0.252 e. The fourth-order valence-corrected chi connectivity index (χ4v) is 9.84. The van der Waals surface area contributed by atoms with Crippen LogP contribution in [0.3, 0.4) is 0 Å². The van der Waals surface area contributed by atoms with Crippen molar-refractivity contribution in [2.75, 3.05) is 9.80 Å². The third-order valence-corrected chi connectivity index (χ3v) is 11.6. The lowest BCUT2D eigenvalue weighted by Crippen LogP contribution is -2.64. The Morgan fingerprint density at radius 3 is 2.19 bits per heavy atom. The lowest BCUT2D eigenvalue weighted by atomic mass is 9.33. The molecule has 2 saturated carbocycles. The molecule has 6 aliphatic rings. The molecular formula is C38H43BF2N2. The van der Waals surface area contributed by atoms with E-state index in [4.69, 9.17) is 0 Å². The summed E-state index contributed by atoms with van der Waals surface area (Å²) in [7, 11) is 0. The smallest absolute Gasteiger partial charge is 0.252 e.